The number of carbonyl (C=O) groups excluding carboxylic acids is 2. The Morgan fingerprint density at radius 2 is 0.971 bits per heavy atom. The number of rotatable bonds is 4. The molecule has 2 aromatic carbocycles. The van der Waals surface area contributed by atoms with Crippen LogP contribution in [0.4, 0.5) is 37.7 Å². The third kappa shape index (κ3) is 4.82. The molecule has 0 spiro atoms. The van der Waals surface area contributed by atoms with Crippen LogP contribution >= 0.6 is 23.2 Å². The number of hydrogen-bond donors (Lipinski definition) is 2. The molecule has 0 fully saturated rings. The first-order valence-electron chi connectivity index (χ1n) is 10.1. The second-order valence-corrected chi connectivity index (χ2v) is 8.97. The topological polar surface area (TPSA) is 58.2 Å². The maximum Gasteiger partial charge on any atom is 0.411 e. The molecule has 12 heteroatoms. The SMILES string of the molecule is CC(=O)Nc1c(C)cc(C(c2cc(C)c(NC(C)=O)c(Cl)c2C)(C(F)(F)F)C(F)(F)F)c(C)c1Cl. The van der Waals surface area contributed by atoms with Crippen molar-refractivity contribution < 1.29 is 35.9 Å². The van der Waals surface area contributed by atoms with Crippen LogP contribution in [0.2, 0.25) is 10.0 Å². The van der Waals surface area contributed by atoms with E-state index < -0.39 is 61.9 Å². The van der Waals surface area contributed by atoms with E-state index in [-0.39, 0.29) is 22.5 Å². The van der Waals surface area contributed by atoms with Crippen LogP contribution in [0.3, 0.4) is 0 Å². The number of alkyl halides is 6. The van der Waals surface area contributed by atoms with E-state index in [0.29, 0.717) is 0 Å². The van der Waals surface area contributed by atoms with Crippen molar-refractivity contribution >= 4 is 46.4 Å². The van der Waals surface area contributed by atoms with E-state index in [0.717, 1.165) is 39.8 Å². The Hall–Kier alpha value is -2.46. The number of halogens is 8. The van der Waals surface area contributed by atoms with Crippen molar-refractivity contribution in [1.29, 1.82) is 0 Å². The maximum atomic E-state index is 14.8. The minimum Gasteiger partial charge on any atom is -0.325 e. The van der Waals surface area contributed by atoms with Gasteiger partial charge in [-0.3, -0.25) is 9.59 Å². The summed E-state index contributed by atoms with van der Waals surface area (Å²) in [7, 11) is 0. The van der Waals surface area contributed by atoms with E-state index in [1.807, 2.05) is 0 Å². The minimum atomic E-state index is -5.89. The van der Waals surface area contributed by atoms with E-state index >= 15 is 0 Å². The van der Waals surface area contributed by atoms with E-state index in [1.165, 1.54) is 13.8 Å². The highest BCUT2D eigenvalue weighted by molar-refractivity contribution is 6.35. The van der Waals surface area contributed by atoms with Gasteiger partial charge >= 0.3 is 12.4 Å². The first-order valence-corrected chi connectivity index (χ1v) is 10.8. The molecule has 2 amide bonds. The van der Waals surface area contributed by atoms with E-state index in [4.69, 9.17) is 23.2 Å². The van der Waals surface area contributed by atoms with Crippen LogP contribution in [0, 0.1) is 27.7 Å². The fourth-order valence-corrected chi connectivity index (χ4v) is 4.70. The van der Waals surface area contributed by atoms with Crippen LogP contribution < -0.4 is 10.6 Å². The Morgan fingerprint density at radius 1 is 0.686 bits per heavy atom. The molecule has 192 valence electrons. The molecular formula is C23H22Cl2F6N2O2. The zero-order valence-corrected chi connectivity index (χ0v) is 21.0. The van der Waals surface area contributed by atoms with Crippen LogP contribution in [-0.4, -0.2) is 24.2 Å². The van der Waals surface area contributed by atoms with E-state index in [9.17, 15) is 35.9 Å². The molecule has 2 N–H and O–H groups in total. The number of carbonyl (C=O) groups is 2. The van der Waals surface area contributed by atoms with Crippen molar-refractivity contribution in [3.63, 3.8) is 0 Å². The van der Waals surface area contributed by atoms with Crippen molar-refractivity contribution in [2.75, 3.05) is 10.6 Å². The normalized spacial score (nSPS) is 12.5. The second kappa shape index (κ2) is 9.54. The van der Waals surface area contributed by atoms with Gasteiger partial charge in [0, 0.05) is 13.8 Å². The largest absolute Gasteiger partial charge is 0.411 e. The predicted molar refractivity (Wildman–Crippen MR) is 123 cm³/mol. The number of benzene rings is 2. The Labute approximate surface area is 208 Å². The van der Waals surface area contributed by atoms with E-state index in [2.05, 4.69) is 10.6 Å². The summed E-state index contributed by atoms with van der Waals surface area (Å²) in [6.45, 7) is 6.76. The second-order valence-electron chi connectivity index (χ2n) is 8.22. The number of nitrogens with one attached hydrogen (secondary N) is 2. The molecule has 2 aromatic rings. The number of amides is 2. The molecule has 0 aliphatic rings. The highest BCUT2D eigenvalue weighted by atomic mass is 35.5. The van der Waals surface area contributed by atoms with Gasteiger partial charge in [0.15, 0.2) is 0 Å². The molecule has 4 nitrogen and oxygen atoms in total. The van der Waals surface area contributed by atoms with Gasteiger partial charge in [-0.15, -0.1) is 0 Å². The first-order chi connectivity index (χ1) is 15.8. The number of hydrogen-bond acceptors (Lipinski definition) is 2. The van der Waals surface area contributed by atoms with Gasteiger partial charge in [-0.1, -0.05) is 35.3 Å². The Kier molecular flexibility index (Phi) is 7.84. The zero-order chi connectivity index (χ0) is 27.3. The third-order valence-electron chi connectivity index (χ3n) is 5.68. The summed E-state index contributed by atoms with van der Waals surface area (Å²) in [5.74, 6) is -1.21. The van der Waals surface area contributed by atoms with Gasteiger partial charge in [-0.05, 0) is 61.1 Å². The molecular weight excluding hydrogens is 521 g/mol. The standard InChI is InChI=1S/C23H22Cl2F6N2O2/c1-9-7-15(11(3)17(24)19(9)32-13(5)34)21(22(26,27)28,23(29,30)31)16-8-10(2)20(33-14(6)35)18(25)12(16)4/h7-8H,1-6H3,(H,32,34)(H,33,35). The molecule has 35 heavy (non-hydrogen) atoms. The van der Waals surface area contributed by atoms with Crippen molar-refractivity contribution in [2.45, 2.75) is 59.3 Å². The minimum absolute atomic E-state index is 0.0920. The fourth-order valence-electron chi connectivity index (χ4n) is 4.11. The molecule has 0 aromatic heterocycles. The molecule has 0 saturated heterocycles. The smallest absolute Gasteiger partial charge is 0.325 e. The Balaban J connectivity index is 3.16. The molecule has 0 radical (unpaired) electrons. The van der Waals surface area contributed by atoms with Gasteiger partial charge < -0.3 is 10.6 Å². The summed E-state index contributed by atoms with van der Waals surface area (Å²) in [5, 5.41) is 3.77. The lowest BCUT2D eigenvalue weighted by Gasteiger charge is -2.41. The van der Waals surface area contributed by atoms with Crippen molar-refractivity contribution in [3.8, 4) is 0 Å². The summed E-state index contributed by atoms with van der Waals surface area (Å²) in [6.07, 6.45) is -11.8. The van der Waals surface area contributed by atoms with Crippen molar-refractivity contribution in [2.24, 2.45) is 0 Å². The third-order valence-corrected chi connectivity index (χ3v) is 6.62. The highest BCUT2D eigenvalue weighted by Crippen LogP contribution is 2.59. The molecule has 0 atom stereocenters. The number of aryl methyl sites for hydroxylation is 2. The quantitative estimate of drug-likeness (QED) is 0.392. The van der Waals surface area contributed by atoms with Crippen molar-refractivity contribution in [3.05, 3.63) is 55.6 Å². The summed E-state index contributed by atoms with van der Waals surface area (Å²) < 4.78 is 88.8. The molecule has 0 bridgehead atoms. The van der Waals surface area contributed by atoms with Crippen LogP contribution in [0.1, 0.15) is 47.2 Å². The lowest BCUT2D eigenvalue weighted by atomic mass is 9.69. The molecule has 0 heterocycles. The average Bonchev–Trinajstić information content (AvgIpc) is 2.68. The zero-order valence-electron chi connectivity index (χ0n) is 19.5. The summed E-state index contributed by atoms with van der Waals surface area (Å²) >= 11 is 12.4. The highest BCUT2D eigenvalue weighted by Gasteiger charge is 2.73. The summed E-state index contributed by atoms with van der Waals surface area (Å²) in [5.41, 5.74) is -8.25. The summed E-state index contributed by atoms with van der Waals surface area (Å²) in [6, 6.07) is 1.44. The van der Waals surface area contributed by atoms with Gasteiger partial charge in [0.1, 0.15) is 0 Å². The molecule has 0 aliphatic carbocycles. The van der Waals surface area contributed by atoms with Gasteiger partial charge in [0.05, 0.1) is 21.4 Å². The first kappa shape index (κ1) is 28.8. The maximum absolute atomic E-state index is 14.8. The molecule has 0 unspecified atom stereocenters. The van der Waals surface area contributed by atoms with E-state index in [1.54, 1.807) is 0 Å². The summed E-state index contributed by atoms with van der Waals surface area (Å²) in [4.78, 5) is 23.0. The lowest BCUT2D eigenvalue weighted by molar-refractivity contribution is -0.289. The van der Waals surface area contributed by atoms with Gasteiger partial charge in [0.2, 0.25) is 17.2 Å². The Morgan fingerprint density at radius 3 is 1.20 bits per heavy atom. The van der Waals surface area contributed by atoms with Gasteiger partial charge in [-0.2, -0.15) is 26.3 Å². The predicted octanol–water partition coefficient (Wildman–Crippen LogP) is 7.55. The van der Waals surface area contributed by atoms with Crippen molar-refractivity contribution in [1.82, 2.24) is 0 Å². The van der Waals surface area contributed by atoms with Crippen LogP contribution in [0.15, 0.2) is 12.1 Å². The lowest BCUT2D eigenvalue weighted by Crippen LogP contribution is -2.55. The van der Waals surface area contributed by atoms with Gasteiger partial charge in [-0.25, -0.2) is 0 Å². The van der Waals surface area contributed by atoms with Crippen LogP contribution in [-0.2, 0) is 15.0 Å². The fraction of sp³-hybridized carbons (Fsp3) is 0.391. The Bertz CT molecular complexity index is 1110. The van der Waals surface area contributed by atoms with Crippen LogP contribution in [0.25, 0.3) is 0 Å². The average molecular weight is 543 g/mol. The number of anilines is 2. The molecule has 2 rings (SSSR count). The van der Waals surface area contributed by atoms with Crippen LogP contribution in [0.5, 0.6) is 0 Å². The van der Waals surface area contributed by atoms with Gasteiger partial charge in [0.25, 0.3) is 0 Å². The monoisotopic (exact) mass is 542 g/mol. The molecule has 0 aliphatic heterocycles. The molecule has 0 saturated carbocycles.